The molecule has 1 unspecified atom stereocenters. The molecule has 0 amide bonds. The second-order valence-electron chi connectivity index (χ2n) is 5.35. The fourth-order valence-electron chi connectivity index (χ4n) is 1.40. The summed E-state index contributed by atoms with van der Waals surface area (Å²) in [5.41, 5.74) is 0.356. The molecule has 12 heavy (non-hydrogen) atoms. The molecule has 0 aromatic carbocycles. The van der Waals surface area contributed by atoms with Gasteiger partial charge in [0.05, 0.1) is 25.7 Å². The highest BCUT2D eigenvalue weighted by Gasteiger charge is 2.35. The maximum atomic E-state index is 2.36. The molecule has 0 saturated heterocycles. The van der Waals surface area contributed by atoms with E-state index in [1.807, 2.05) is 0 Å². The average molecular weight is 172 g/mol. The van der Waals surface area contributed by atoms with Crippen molar-refractivity contribution in [2.45, 2.75) is 59.0 Å². The van der Waals surface area contributed by atoms with Crippen LogP contribution < -0.4 is 0 Å². The molecule has 74 valence electrons. The van der Waals surface area contributed by atoms with Crippen molar-refractivity contribution in [1.82, 2.24) is 0 Å². The number of hydrogen-bond donors (Lipinski definition) is 0. The maximum absolute atomic E-state index is 2.36. The van der Waals surface area contributed by atoms with E-state index in [-0.39, 0.29) is 0 Å². The second-order valence-corrected chi connectivity index (χ2v) is 5.35. The molecule has 1 heteroatoms. The van der Waals surface area contributed by atoms with Gasteiger partial charge < -0.3 is 4.48 Å². The lowest BCUT2D eigenvalue weighted by molar-refractivity contribution is -0.957. The van der Waals surface area contributed by atoms with Gasteiger partial charge in [0.25, 0.3) is 0 Å². The van der Waals surface area contributed by atoms with Gasteiger partial charge in [0.15, 0.2) is 0 Å². The van der Waals surface area contributed by atoms with E-state index in [0.717, 1.165) is 10.5 Å². The number of quaternary nitrogens is 1. The summed E-state index contributed by atoms with van der Waals surface area (Å²) >= 11 is 0. The van der Waals surface area contributed by atoms with E-state index in [1.165, 1.54) is 12.8 Å². The van der Waals surface area contributed by atoms with Crippen LogP contribution in [0.4, 0.5) is 0 Å². The topological polar surface area (TPSA) is 0 Å². The highest BCUT2D eigenvalue weighted by Crippen LogP contribution is 2.25. The van der Waals surface area contributed by atoms with Gasteiger partial charge in [-0.3, -0.25) is 0 Å². The van der Waals surface area contributed by atoms with E-state index in [2.05, 4.69) is 48.7 Å². The van der Waals surface area contributed by atoms with Crippen molar-refractivity contribution in [3.05, 3.63) is 0 Å². The monoisotopic (exact) mass is 172 g/mol. The summed E-state index contributed by atoms with van der Waals surface area (Å²) in [5.74, 6) is 0. The zero-order chi connectivity index (χ0) is 9.99. The van der Waals surface area contributed by atoms with Gasteiger partial charge in [-0.05, 0) is 34.1 Å². The van der Waals surface area contributed by atoms with Crippen LogP contribution in [0.1, 0.15) is 47.5 Å². The number of nitrogens with zero attached hydrogens (tertiary/aromatic N) is 1. The standard InChI is InChI=1S/C11H26N/c1-8-9-10(2)12(6,7)11(3,4)5/h10H,8-9H2,1-7H3/q+1. The van der Waals surface area contributed by atoms with Crippen molar-refractivity contribution in [2.24, 2.45) is 0 Å². The highest BCUT2D eigenvalue weighted by molar-refractivity contribution is 4.64. The van der Waals surface area contributed by atoms with Crippen molar-refractivity contribution in [1.29, 1.82) is 0 Å². The SMILES string of the molecule is CCCC(C)[N+](C)(C)C(C)(C)C. The fraction of sp³-hybridized carbons (Fsp3) is 1.00. The van der Waals surface area contributed by atoms with E-state index < -0.39 is 0 Å². The third-order valence-corrected chi connectivity index (χ3v) is 3.54. The molecule has 0 rings (SSSR count). The molecule has 0 spiro atoms. The molecule has 0 heterocycles. The molecule has 0 aliphatic rings. The first-order valence-corrected chi connectivity index (χ1v) is 5.07. The Hall–Kier alpha value is -0.0400. The van der Waals surface area contributed by atoms with Crippen molar-refractivity contribution < 1.29 is 4.48 Å². The lowest BCUT2D eigenvalue weighted by atomic mass is 9.98. The van der Waals surface area contributed by atoms with Crippen LogP contribution in [-0.2, 0) is 0 Å². The number of rotatable bonds is 3. The van der Waals surface area contributed by atoms with Gasteiger partial charge >= 0.3 is 0 Å². The van der Waals surface area contributed by atoms with Crippen LogP contribution in [0.2, 0.25) is 0 Å². The van der Waals surface area contributed by atoms with Crippen molar-refractivity contribution in [3.8, 4) is 0 Å². The third kappa shape index (κ3) is 2.48. The predicted octanol–water partition coefficient (Wildman–Crippen LogP) is 3.05. The summed E-state index contributed by atoms with van der Waals surface area (Å²) < 4.78 is 1.11. The normalized spacial score (nSPS) is 16.2. The summed E-state index contributed by atoms with van der Waals surface area (Å²) in [4.78, 5) is 0. The molecule has 0 aromatic heterocycles. The molecule has 0 aliphatic heterocycles. The van der Waals surface area contributed by atoms with Gasteiger partial charge in [0.2, 0.25) is 0 Å². The van der Waals surface area contributed by atoms with Gasteiger partial charge in [-0.15, -0.1) is 0 Å². The molecule has 1 nitrogen and oxygen atoms in total. The van der Waals surface area contributed by atoms with Crippen LogP contribution in [-0.4, -0.2) is 30.2 Å². The Morgan fingerprint density at radius 3 is 1.83 bits per heavy atom. The minimum atomic E-state index is 0.356. The Bertz CT molecular complexity index is 130. The molecule has 0 radical (unpaired) electrons. The van der Waals surface area contributed by atoms with Crippen LogP contribution in [0, 0.1) is 0 Å². The lowest BCUT2D eigenvalue weighted by Crippen LogP contribution is -2.59. The van der Waals surface area contributed by atoms with E-state index in [0.29, 0.717) is 5.54 Å². The third-order valence-electron chi connectivity index (χ3n) is 3.54. The Balaban J connectivity index is 4.38. The van der Waals surface area contributed by atoms with Gasteiger partial charge in [-0.1, -0.05) is 13.3 Å². The molecule has 0 N–H and O–H groups in total. The molecule has 0 bridgehead atoms. The van der Waals surface area contributed by atoms with E-state index >= 15 is 0 Å². The Morgan fingerprint density at radius 2 is 1.58 bits per heavy atom. The molecular weight excluding hydrogens is 146 g/mol. The first-order valence-electron chi connectivity index (χ1n) is 5.07. The van der Waals surface area contributed by atoms with Crippen molar-refractivity contribution >= 4 is 0 Å². The zero-order valence-electron chi connectivity index (χ0n) is 9.94. The molecule has 0 saturated carbocycles. The second kappa shape index (κ2) is 3.78. The van der Waals surface area contributed by atoms with E-state index in [1.54, 1.807) is 0 Å². The minimum Gasteiger partial charge on any atom is -0.322 e. The highest BCUT2D eigenvalue weighted by atomic mass is 15.4. The molecule has 0 aromatic rings. The molecule has 0 aliphatic carbocycles. The summed E-state index contributed by atoms with van der Waals surface area (Å²) in [7, 11) is 4.67. The van der Waals surface area contributed by atoms with Crippen LogP contribution in [0.15, 0.2) is 0 Å². The summed E-state index contributed by atoms with van der Waals surface area (Å²) in [6, 6.07) is 0.759. The minimum absolute atomic E-state index is 0.356. The lowest BCUT2D eigenvalue weighted by Gasteiger charge is -2.47. The average Bonchev–Trinajstić information content (AvgIpc) is 1.85. The summed E-state index contributed by atoms with van der Waals surface area (Å²) in [5, 5.41) is 0. The first-order chi connectivity index (χ1) is 5.23. The molecule has 0 fully saturated rings. The van der Waals surface area contributed by atoms with Crippen LogP contribution >= 0.6 is 0 Å². The van der Waals surface area contributed by atoms with Crippen LogP contribution in [0.3, 0.4) is 0 Å². The quantitative estimate of drug-likeness (QED) is 0.574. The Labute approximate surface area is 78.4 Å². The Morgan fingerprint density at radius 1 is 1.17 bits per heavy atom. The number of hydrogen-bond acceptors (Lipinski definition) is 0. The zero-order valence-corrected chi connectivity index (χ0v) is 9.94. The summed E-state index contributed by atoms with van der Waals surface area (Å²) in [6.07, 6.45) is 2.61. The largest absolute Gasteiger partial charge is 0.322 e. The maximum Gasteiger partial charge on any atom is 0.0905 e. The molecular formula is C11H26N+. The van der Waals surface area contributed by atoms with Gasteiger partial charge in [-0.2, -0.15) is 0 Å². The van der Waals surface area contributed by atoms with Crippen LogP contribution in [0.5, 0.6) is 0 Å². The van der Waals surface area contributed by atoms with Gasteiger partial charge in [0.1, 0.15) is 0 Å². The van der Waals surface area contributed by atoms with Crippen molar-refractivity contribution in [3.63, 3.8) is 0 Å². The van der Waals surface area contributed by atoms with Gasteiger partial charge in [0, 0.05) is 0 Å². The van der Waals surface area contributed by atoms with Gasteiger partial charge in [-0.25, -0.2) is 0 Å². The van der Waals surface area contributed by atoms with Crippen molar-refractivity contribution in [2.75, 3.05) is 14.1 Å². The first kappa shape index (κ1) is 12.0. The van der Waals surface area contributed by atoms with Crippen LogP contribution in [0.25, 0.3) is 0 Å². The fourth-order valence-corrected chi connectivity index (χ4v) is 1.40. The molecule has 1 atom stereocenters. The predicted molar refractivity (Wildman–Crippen MR) is 56.2 cm³/mol. The van der Waals surface area contributed by atoms with E-state index in [9.17, 15) is 0 Å². The van der Waals surface area contributed by atoms with E-state index in [4.69, 9.17) is 0 Å². The summed E-state index contributed by atoms with van der Waals surface area (Å²) in [6.45, 7) is 11.6. The smallest absolute Gasteiger partial charge is 0.0905 e. The Kier molecular flexibility index (Phi) is 3.77.